The van der Waals surface area contributed by atoms with E-state index in [1.54, 1.807) is 0 Å². The van der Waals surface area contributed by atoms with E-state index < -0.39 is 0 Å². The Kier molecular flexibility index (Phi) is 4.00. The summed E-state index contributed by atoms with van der Waals surface area (Å²) in [6.45, 7) is 7.03. The summed E-state index contributed by atoms with van der Waals surface area (Å²) < 4.78 is 5.40. The van der Waals surface area contributed by atoms with Crippen molar-refractivity contribution in [2.75, 3.05) is 19.7 Å². The topological polar surface area (TPSA) is 21.3 Å². The average molecular weight is 243 g/mol. The molecule has 0 aliphatic carbocycles. The first-order chi connectivity index (χ1) is 3.71. The molecular weight excluding hydrogens is 229 g/mol. The van der Waals surface area contributed by atoms with Crippen molar-refractivity contribution in [1.82, 2.24) is 5.32 Å². The number of hydrogen-bond donors (Lipinski definition) is 1. The molecule has 0 amide bonds. The highest BCUT2D eigenvalue weighted by atomic mass is 127. The molecule has 0 atom stereocenters. The van der Waals surface area contributed by atoms with Crippen molar-refractivity contribution in [2.45, 2.75) is 19.4 Å². The van der Waals surface area contributed by atoms with Gasteiger partial charge in [0.2, 0.25) is 0 Å². The molecule has 2 nitrogen and oxygen atoms in total. The van der Waals surface area contributed by atoms with Gasteiger partial charge in [0.25, 0.3) is 0 Å². The van der Waals surface area contributed by atoms with Gasteiger partial charge in [-0.2, -0.15) is 0 Å². The first-order valence-electron chi connectivity index (χ1n) is 3.05. The summed E-state index contributed by atoms with van der Waals surface area (Å²) >= 11 is 0. The van der Waals surface area contributed by atoms with Gasteiger partial charge in [-0.3, -0.25) is 0 Å². The van der Waals surface area contributed by atoms with Gasteiger partial charge in [0.05, 0.1) is 12.2 Å². The fourth-order valence-corrected chi connectivity index (χ4v) is 0.840. The third kappa shape index (κ3) is 3.37. The largest absolute Gasteiger partial charge is 0.373 e. The van der Waals surface area contributed by atoms with Crippen molar-refractivity contribution in [1.29, 1.82) is 0 Å². The van der Waals surface area contributed by atoms with Gasteiger partial charge in [0.15, 0.2) is 0 Å². The number of rotatable bonds is 0. The zero-order valence-electron chi connectivity index (χ0n) is 5.94. The van der Waals surface area contributed by atoms with Gasteiger partial charge in [-0.25, -0.2) is 0 Å². The molecule has 0 unspecified atom stereocenters. The van der Waals surface area contributed by atoms with Crippen LogP contribution in [0.15, 0.2) is 0 Å². The maximum absolute atomic E-state index is 5.40. The molecule has 3 heteroatoms. The van der Waals surface area contributed by atoms with Crippen LogP contribution in [0.2, 0.25) is 0 Å². The third-order valence-electron chi connectivity index (χ3n) is 1.32. The molecule has 1 rings (SSSR count). The first kappa shape index (κ1) is 9.65. The van der Waals surface area contributed by atoms with Crippen LogP contribution < -0.4 is 5.32 Å². The predicted octanol–water partition coefficient (Wildman–Crippen LogP) is 1.00. The molecule has 1 heterocycles. The molecule has 0 bridgehead atoms. The Bertz CT molecular complexity index is 77.1. The normalized spacial score (nSPS) is 24.7. The van der Waals surface area contributed by atoms with Crippen molar-refractivity contribution in [3.63, 3.8) is 0 Å². The van der Waals surface area contributed by atoms with Crippen LogP contribution in [0.3, 0.4) is 0 Å². The molecule has 0 saturated carbocycles. The van der Waals surface area contributed by atoms with Crippen molar-refractivity contribution < 1.29 is 4.74 Å². The standard InChI is InChI=1S/C6H13NO.HI/c1-6(2)5-7-3-4-8-6;/h7H,3-5H2,1-2H3;1H. The second-order valence-electron chi connectivity index (χ2n) is 2.78. The van der Waals surface area contributed by atoms with E-state index >= 15 is 0 Å². The van der Waals surface area contributed by atoms with Crippen LogP contribution in [0.25, 0.3) is 0 Å². The summed E-state index contributed by atoms with van der Waals surface area (Å²) in [4.78, 5) is 0. The van der Waals surface area contributed by atoms with Gasteiger partial charge in [0, 0.05) is 13.1 Å². The van der Waals surface area contributed by atoms with E-state index in [9.17, 15) is 0 Å². The molecule has 0 aromatic carbocycles. The lowest BCUT2D eigenvalue weighted by Crippen LogP contribution is -2.45. The van der Waals surface area contributed by atoms with Crippen LogP contribution in [-0.2, 0) is 4.74 Å². The van der Waals surface area contributed by atoms with E-state index in [2.05, 4.69) is 19.2 Å². The molecule has 1 aliphatic heterocycles. The fraction of sp³-hybridized carbons (Fsp3) is 1.00. The van der Waals surface area contributed by atoms with E-state index in [-0.39, 0.29) is 29.6 Å². The number of hydrogen-bond acceptors (Lipinski definition) is 2. The maximum Gasteiger partial charge on any atom is 0.0750 e. The van der Waals surface area contributed by atoms with E-state index in [4.69, 9.17) is 4.74 Å². The van der Waals surface area contributed by atoms with Crippen molar-refractivity contribution >= 4 is 24.0 Å². The molecule has 1 saturated heterocycles. The van der Waals surface area contributed by atoms with Crippen LogP contribution in [0.4, 0.5) is 0 Å². The van der Waals surface area contributed by atoms with Crippen LogP contribution in [-0.4, -0.2) is 25.3 Å². The summed E-state index contributed by atoms with van der Waals surface area (Å²) in [5, 5.41) is 3.25. The zero-order valence-corrected chi connectivity index (χ0v) is 8.27. The minimum Gasteiger partial charge on any atom is -0.373 e. The lowest BCUT2D eigenvalue weighted by atomic mass is 10.1. The molecule has 1 aliphatic rings. The highest BCUT2D eigenvalue weighted by Gasteiger charge is 2.20. The predicted molar refractivity (Wildman–Crippen MR) is 48.3 cm³/mol. The summed E-state index contributed by atoms with van der Waals surface area (Å²) in [5.41, 5.74) is 0.0677. The van der Waals surface area contributed by atoms with Gasteiger partial charge in [-0.1, -0.05) is 0 Å². The van der Waals surface area contributed by atoms with Crippen LogP contribution in [0.5, 0.6) is 0 Å². The summed E-state index contributed by atoms with van der Waals surface area (Å²) in [7, 11) is 0. The maximum atomic E-state index is 5.40. The van der Waals surface area contributed by atoms with Crippen LogP contribution in [0, 0.1) is 0 Å². The average Bonchev–Trinajstić information content (AvgIpc) is 1.65. The van der Waals surface area contributed by atoms with Gasteiger partial charge in [-0.15, -0.1) is 24.0 Å². The zero-order chi connectivity index (χ0) is 6.04. The van der Waals surface area contributed by atoms with E-state index in [1.807, 2.05) is 0 Å². The Morgan fingerprint density at radius 1 is 1.44 bits per heavy atom. The van der Waals surface area contributed by atoms with Gasteiger partial charge >= 0.3 is 0 Å². The second kappa shape index (κ2) is 3.73. The monoisotopic (exact) mass is 243 g/mol. The van der Waals surface area contributed by atoms with Gasteiger partial charge in [0.1, 0.15) is 0 Å². The van der Waals surface area contributed by atoms with E-state index in [0.717, 1.165) is 19.7 Å². The van der Waals surface area contributed by atoms with Gasteiger partial charge in [-0.05, 0) is 13.8 Å². The summed E-state index contributed by atoms with van der Waals surface area (Å²) in [6.07, 6.45) is 0. The number of halogens is 1. The van der Waals surface area contributed by atoms with E-state index in [0.29, 0.717) is 0 Å². The highest BCUT2D eigenvalue weighted by Crippen LogP contribution is 2.08. The molecule has 56 valence electrons. The fourth-order valence-electron chi connectivity index (χ4n) is 0.840. The Balaban J connectivity index is 0.000000640. The second-order valence-corrected chi connectivity index (χ2v) is 2.78. The Labute approximate surface area is 73.4 Å². The molecular formula is C6H14INO. The molecule has 9 heavy (non-hydrogen) atoms. The first-order valence-corrected chi connectivity index (χ1v) is 3.05. The lowest BCUT2D eigenvalue weighted by molar-refractivity contribution is -0.0384. The summed E-state index contributed by atoms with van der Waals surface area (Å²) in [6, 6.07) is 0. The third-order valence-corrected chi connectivity index (χ3v) is 1.32. The van der Waals surface area contributed by atoms with Crippen LogP contribution in [0.1, 0.15) is 13.8 Å². The Hall–Kier alpha value is 0.650. The van der Waals surface area contributed by atoms with Crippen LogP contribution >= 0.6 is 24.0 Å². The molecule has 1 N–H and O–H groups in total. The smallest absolute Gasteiger partial charge is 0.0750 e. The number of nitrogens with one attached hydrogen (secondary N) is 1. The quantitative estimate of drug-likeness (QED) is 0.641. The van der Waals surface area contributed by atoms with Gasteiger partial charge < -0.3 is 10.1 Å². The van der Waals surface area contributed by atoms with E-state index in [1.165, 1.54) is 0 Å². The minimum absolute atomic E-state index is 0. The molecule has 0 spiro atoms. The molecule has 0 radical (unpaired) electrons. The Morgan fingerprint density at radius 2 is 2.11 bits per heavy atom. The Morgan fingerprint density at radius 3 is 2.33 bits per heavy atom. The molecule has 0 aromatic heterocycles. The molecule has 0 aromatic rings. The molecule has 1 fully saturated rings. The van der Waals surface area contributed by atoms with Crippen molar-refractivity contribution in [3.05, 3.63) is 0 Å². The van der Waals surface area contributed by atoms with Crippen molar-refractivity contribution in [2.24, 2.45) is 0 Å². The SMILES string of the molecule is CC1(C)CNCCO1.I. The number of ether oxygens (including phenoxy) is 1. The lowest BCUT2D eigenvalue weighted by Gasteiger charge is -2.30. The van der Waals surface area contributed by atoms with Crippen molar-refractivity contribution in [3.8, 4) is 0 Å². The summed E-state index contributed by atoms with van der Waals surface area (Å²) in [5.74, 6) is 0. The highest BCUT2D eigenvalue weighted by molar-refractivity contribution is 14.0. The number of morpholine rings is 1. The minimum atomic E-state index is 0.